The van der Waals surface area contributed by atoms with Gasteiger partial charge in [-0.1, -0.05) is 30.2 Å². The predicted molar refractivity (Wildman–Crippen MR) is 124 cm³/mol. The molecule has 7 nitrogen and oxygen atoms in total. The Hall–Kier alpha value is -2.88. The van der Waals surface area contributed by atoms with Crippen LogP contribution in [0.5, 0.6) is 0 Å². The van der Waals surface area contributed by atoms with Crippen LogP contribution in [0, 0.1) is 5.41 Å². The van der Waals surface area contributed by atoms with E-state index in [0.717, 1.165) is 12.4 Å². The summed E-state index contributed by atoms with van der Waals surface area (Å²) in [6, 6.07) is -3.55. The van der Waals surface area contributed by atoms with Crippen molar-refractivity contribution >= 4 is 12.0 Å². The van der Waals surface area contributed by atoms with Gasteiger partial charge in [-0.25, -0.2) is 14.8 Å². The Labute approximate surface area is 212 Å². The number of alkyl halides is 3. The van der Waals surface area contributed by atoms with Crippen molar-refractivity contribution in [3.05, 3.63) is 53.7 Å². The number of aromatic nitrogens is 2. The first-order valence-electron chi connectivity index (χ1n) is 14.9. The number of ether oxygens (including phenoxy) is 1. The van der Waals surface area contributed by atoms with Gasteiger partial charge in [-0.2, -0.15) is 13.2 Å². The molecule has 0 bridgehead atoms. The number of hydrogen-bond donors (Lipinski definition) is 0. The first-order valence-corrected chi connectivity index (χ1v) is 11.4. The molecule has 188 valence electrons. The lowest BCUT2D eigenvalue weighted by Crippen LogP contribution is -2.65. The van der Waals surface area contributed by atoms with Crippen LogP contribution in [-0.2, 0) is 17.4 Å². The Balaban J connectivity index is 1.15. The maximum Gasteiger partial charge on any atom is 0.419 e. The van der Waals surface area contributed by atoms with Crippen molar-refractivity contribution in [1.82, 2.24) is 19.8 Å². The summed E-state index contributed by atoms with van der Waals surface area (Å²) in [4.78, 5) is 25.5. The van der Waals surface area contributed by atoms with Crippen LogP contribution in [0.4, 0.5) is 23.9 Å². The van der Waals surface area contributed by atoms with E-state index in [1.54, 1.807) is 23.6 Å². The van der Waals surface area contributed by atoms with Crippen molar-refractivity contribution in [2.45, 2.75) is 57.5 Å². The Bertz CT molecular complexity index is 1340. The lowest BCUT2D eigenvalue weighted by Gasteiger charge is -2.58. The fourth-order valence-corrected chi connectivity index (χ4v) is 5.23. The molecule has 5 rings (SSSR count). The summed E-state index contributed by atoms with van der Waals surface area (Å²) in [6.07, 6.45) is -2.92. The molecule has 1 aromatic carbocycles. The number of anilines is 1. The summed E-state index contributed by atoms with van der Waals surface area (Å²) in [5.41, 5.74) is -1.62. The van der Waals surface area contributed by atoms with Gasteiger partial charge in [0, 0.05) is 53.2 Å². The smallest absolute Gasteiger partial charge is 0.419 e. The van der Waals surface area contributed by atoms with Crippen molar-refractivity contribution in [2.75, 3.05) is 31.1 Å². The third kappa shape index (κ3) is 4.94. The fourth-order valence-electron chi connectivity index (χ4n) is 5.23. The zero-order valence-corrected chi connectivity index (χ0v) is 19.3. The molecule has 2 atom stereocenters. The molecule has 3 fully saturated rings. The molecule has 2 aliphatic heterocycles. The van der Waals surface area contributed by atoms with Gasteiger partial charge in [0.2, 0.25) is 5.95 Å². The van der Waals surface area contributed by atoms with Gasteiger partial charge in [-0.05, 0) is 32.3 Å². The number of likely N-dealkylation sites (tertiary alicyclic amines) is 1. The average molecular weight is 497 g/mol. The minimum absolute atomic E-state index is 0.147. The number of amides is 1. The van der Waals surface area contributed by atoms with E-state index >= 15 is 0 Å². The molecule has 1 amide bonds. The van der Waals surface area contributed by atoms with Crippen molar-refractivity contribution in [1.29, 1.82) is 0 Å². The van der Waals surface area contributed by atoms with E-state index in [2.05, 4.69) is 9.97 Å². The van der Waals surface area contributed by atoms with E-state index in [1.807, 2.05) is 0 Å². The normalized spacial score (nSPS) is 28.0. The zero-order chi connectivity index (χ0) is 30.9. The number of carbonyl (C=O) groups is 1. The largest absolute Gasteiger partial charge is 0.446 e. The van der Waals surface area contributed by atoms with Crippen LogP contribution in [0.1, 0.15) is 47.4 Å². The van der Waals surface area contributed by atoms with Crippen LogP contribution in [-0.4, -0.2) is 70.2 Å². The molecule has 1 aromatic heterocycles. The summed E-state index contributed by atoms with van der Waals surface area (Å²) in [5.74, 6) is 0.147. The van der Waals surface area contributed by atoms with E-state index in [1.165, 1.54) is 4.90 Å². The lowest BCUT2D eigenvalue weighted by atomic mass is 9.61. The molecule has 10 heteroatoms. The maximum atomic E-state index is 13.1. The highest BCUT2D eigenvalue weighted by Gasteiger charge is 2.54. The maximum absolute atomic E-state index is 13.1. The molecular weight excluding hydrogens is 459 g/mol. The monoisotopic (exact) mass is 496 g/mol. The number of halogens is 3. The van der Waals surface area contributed by atoms with Gasteiger partial charge in [-0.3, -0.25) is 9.80 Å². The second-order valence-corrected chi connectivity index (χ2v) is 9.66. The Morgan fingerprint density at radius 1 is 1.14 bits per heavy atom. The number of carbonyl (C=O) groups excluding carboxylic acids is 1. The Kier molecular flexibility index (Phi) is 4.28. The fraction of sp³-hybridized carbons (Fsp3) is 0.560. The Morgan fingerprint density at radius 3 is 2.31 bits per heavy atom. The number of nitrogens with zero attached hydrogens (tertiary/aromatic N) is 5. The second kappa shape index (κ2) is 8.96. The van der Waals surface area contributed by atoms with Crippen LogP contribution >= 0.6 is 0 Å². The van der Waals surface area contributed by atoms with Crippen LogP contribution < -0.4 is 4.90 Å². The second-order valence-electron chi connectivity index (χ2n) is 9.66. The molecule has 3 aliphatic rings. The highest BCUT2D eigenvalue weighted by atomic mass is 19.4. The molecule has 35 heavy (non-hydrogen) atoms. The molecule has 2 saturated heterocycles. The molecule has 0 unspecified atom stereocenters. The van der Waals surface area contributed by atoms with Crippen LogP contribution in [0.25, 0.3) is 0 Å². The number of benzene rings is 1. The summed E-state index contributed by atoms with van der Waals surface area (Å²) in [5, 5.41) is 0. The Morgan fingerprint density at radius 2 is 1.74 bits per heavy atom. The molecule has 1 spiro atoms. The van der Waals surface area contributed by atoms with Gasteiger partial charge in [0.05, 0.1) is 24.5 Å². The SMILES string of the molecule is [2H]c1c([2H])c([2H])c(C([2H])([2H])N2CC3(CC(OC(=O)N4[C@H](C)CN(c5ncc(C(F)(F)F)cn5)C[C@@H]4C)C3)C2)c([2H])c1[2H]. The van der Waals surface area contributed by atoms with Gasteiger partial charge in [0.15, 0.2) is 0 Å². The molecule has 3 heterocycles. The quantitative estimate of drug-likeness (QED) is 0.633. The standard InChI is InChI=1S/C25H30F3N5O2/c1-17-12-32(22-29-10-20(11-30-22)25(26,27)28)13-18(2)33(17)23(34)35-21-8-24(9-21)15-31(16-24)14-19-6-4-3-5-7-19/h3-7,10-11,17-18,21H,8-9,12-16H2,1-2H3/t17-,18+/i3D,4D,5D,6D,7D,14D2. The number of rotatable bonds is 4. The van der Waals surface area contributed by atoms with Gasteiger partial charge >= 0.3 is 12.3 Å². The molecular formula is C25H30F3N5O2. The molecule has 0 N–H and O–H groups in total. The molecule has 1 saturated carbocycles. The van der Waals surface area contributed by atoms with Gasteiger partial charge in [0.1, 0.15) is 6.10 Å². The first kappa shape index (κ1) is 16.7. The van der Waals surface area contributed by atoms with Gasteiger partial charge in [0.25, 0.3) is 0 Å². The summed E-state index contributed by atoms with van der Waals surface area (Å²) in [7, 11) is 0. The topological polar surface area (TPSA) is 61.8 Å². The molecule has 2 aromatic rings. The predicted octanol–water partition coefficient (Wildman–Crippen LogP) is 4.20. The van der Waals surface area contributed by atoms with E-state index in [9.17, 15) is 18.0 Å². The van der Waals surface area contributed by atoms with Crippen LogP contribution in [0.15, 0.2) is 42.6 Å². The van der Waals surface area contributed by atoms with E-state index < -0.39 is 60.1 Å². The van der Waals surface area contributed by atoms with E-state index in [0.29, 0.717) is 25.9 Å². The highest BCUT2D eigenvalue weighted by molar-refractivity contribution is 5.69. The lowest BCUT2D eigenvalue weighted by molar-refractivity contribution is -0.138. The van der Waals surface area contributed by atoms with E-state index in [-0.39, 0.29) is 42.6 Å². The highest BCUT2D eigenvalue weighted by Crippen LogP contribution is 2.50. The van der Waals surface area contributed by atoms with Crippen LogP contribution in [0.2, 0.25) is 0 Å². The molecule has 1 aliphatic carbocycles. The summed E-state index contributed by atoms with van der Waals surface area (Å²) < 4.78 is 101. The third-order valence-corrected chi connectivity index (χ3v) is 6.79. The van der Waals surface area contributed by atoms with Gasteiger partial charge in [-0.15, -0.1) is 0 Å². The minimum Gasteiger partial charge on any atom is -0.446 e. The van der Waals surface area contributed by atoms with Crippen molar-refractivity contribution in [3.8, 4) is 0 Å². The molecule has 0 radical (unpaired) electrons. The van der Waals surface area contributed by atoms with Crippen molar-refractivity contribution < 1.29 is 32.3 Å². The van der Waals surface area contributed by atoms with Gasteiger partial charge < -0.3 is 9.64 Å². The van der Waals surface area contributed by atoms with Crippen molar-refractivity contribution in [2.24, 2.45) is 5.41 Å². The summed E-state index contributed by atoms with van der Waals surface area (Å²) >= 11 is 0. The summed E-state index contributed by atoms with van der Waals surface area (Å²) in [6.45, 7) is 2.52. The van der Waals surface area contributed by atoms with Crippen LogP contribution in [0.3, 0.4) is 0 Å². The van der Waals surface area contributed by atoms with Crippen molar-refractivity contribution in [3.63, 3.8) is 0 Å². The third-order valence-electron chi connectivity index (χ3n) is 6.79. The first-order chi connectivity index (χ1) is 19.4. The minimum atomic E-state index is -4.53. The van der Waals surface area contributed by atoms with E-state index in [4.69, 9.17) is 14.3 Å². The number of piperazine rings is 1. The zero-order valence-electron chi connectivity index (χ0n) is 26.3. The number of hydrogen-bond acceptors (Lipinski definition) is 6. The average Bonchev–Trinajstić information content (AvgIpc) is 2.85.